The van der Waals surface area contributed by atoms with Crippen molar-refractivity contribution in [3.05, 3.63) is 65.1 Å². The van der Waals surface area contributed by atoms with Gasteiger partial charge in [0, 0.05) is 34.0 Å². The monoisotopic (exact) mass is 593 g/mol. The van der Waals surface area contributed by atoms with Gasteiger partial charge in [0.15, 0.2) is 34.5 Å². The van der Waals surface area contributed by atoms with Crippen molar-refractivity contribution in [3.8, 4) is 45.6 Å². The fourth-order valence-corrected chi connectivity index (χ4v) is 5.65. The van der Waals surface area contributed by atoms with E-state index in [4.69, 9.17) is 27.5 Å². The minimum atomic E-state index is -4.91. The molecule has 0 fully saturated rings. The molecule has 6 rings (SSSR count). The summed E-state index contributed by atoms with van der Waals surface area (Å²) in [6.07, 6.45) is 1.70. The van der Waals surface area contributed by atoms with Gasteiger partial charge in [-0.25, -0.2) is 4.79 Å². The molecule has 12 nitrogen and oxygen atoms in total. The smallest absolute Gasteiger partial charge is 0.446 e. The first-order chi connectivity index (χ1) is 20.1. The van der Waals surface area contributed by atoms with Crippen LogP contribution in [-0.2, 0) is 10.4 Å². The van der Waals surface area contributed by atoms with Crippen LogP contribution in [0.5, 0.6) is 34.5 Å². The molecule has 0 aliphatic carbocycles. The Bertz CT molecular complexity index is 2230. The third-order valence-electron chi connectivity index (χ3n) is 7.01. The molecular weight excluding hydrogens is 570 g/mol. The fourth-order valence-electron chi connectivity index (χ4n) is 5.29. The Morgan fingerprint density at radius 3 is 2.10 bits per heavy atom. The molecule has 0 radical (unpaired) electrons. The van der Waals surface area contributed by atoms with Crippen LogP contribution in [0.25, 0.3) is 49.3 Å². The first kappa shape index (κ1) is 27.1. The van der Waals surface area contributed by atoms with Gasteiger partial charge in [-0.3, -0.25) is 4.55 Å². The highest BCUT2D eigenvalue weighted by atomic mass is 32.3. The predicted octanol–water partition coefficient (Wildman–Crippen LogP) is 4.94. The number of pyridine rings is 1. The molecule has 0 saturated heterocycles. The van der Waals surface area contributed by atoms with Crippen molar-refractivity contribution in [3.63, 3.8) is 0 Å². The van der Waals surface area contributed by atoms with Crippen LogP contribution in [0, 0.1) is 0 Å². The number of benzene rings is 3. The molecular formula is C29H23NO11S. The van der Waals surface area contributed by atoms with Crippen molar-refractivity contribution in [2.24, 2.45) is 0 Å². The first-order valence-electron chi connectivity index (χ1n) is 12.3. The second-order valence-corrected chi connectivity index (χ2v) is 10.2. The molecule has 3 aromatic carbocycles. The summed E-state index contributed by atoms with van der Waals surface area (Å²) in [6.45, 7) is 0. The van der Waals surface area contributed by atoms with Gasteiger partial charge in [-0.2, -0.15) is 8.42 Å². The van der Waals surface area contributed by atoms with Crippen LogP contribution in [0.3, 0.4) is 0 Å². The van der Waals surface area contributed by atoms with Crippen molar-refractivity contribution in [1.82, 2.24) is 4.40 Å². The van der Waals surface area contributed by atoms with Crippen molar-refractivity contribution < 1.29 is 45.6 Å². The number of aromatic hydroxyl groups is 1. The lowest BCUT2D eigenvalue weighted by molar-refractivity contribution is 0.356. The number of rotatable bonds is 7. The molecule has 0 saturated carbocycles. The van der Waals surface area contributed by atoms with E-state index in [-0.39, 0.29) is 34.1 Å². The molecule has 3 aromatic heterocycles. The molecule has 0 unspecified atom stereocenters. The second-order valence-electron chi connectivity index (χ2n) is 9.21. The molecule has 0 amide bonds. The zero-order valence-electron chi connectivity index (χ0n) is 22.6. The number of aromatic nitrogens is 1. The van der Waals surface area contributed by atoms with Crippen LogP contribution in [0.1, 0.15) is 0 Å². The summed E-state index contributed by atoms with van der Waals surface area (Å²) in [7, 11) is 0.824. The van der Waals surface area contributed by atoms with Gasteiger partial charge in [-0.15, -0.1) is 0 Å². The summed E-state index contributed by atoms with van der Waals surface area (Å²) < 4.78 is 66.6. The molecule has 0 spiro atoms. The molecule has 0 atom stereocenters. The minimum Gasteiger partial charge on any atom is -0.504 e. The topological polar surface area (TPSA) is 155 Å². The minimum absolute atomic E-state index is 0.0384. The number of ether oxygens (including phenoxy) is 4. The maximum Gasteiger partial charge on any atom is 0.446 e. The van der Waals surface area contributed by atoms with Crippen LogP contribution in [-0.4, -0.2) is 50.9 Å². The number of nitrogens with zero attached hydrogens (tertiary/aromatic N) is 1. The SMILES string of the molecule is COc1cc2c(cc1O)oc(=O)c1c2c(-c2ccc(OC)c(OS(=O)(=O)O)c2)c2c3cc(OC)c(OC)cc3ccn21. The highest BCUT2D eigenvalue weighted by Crippen LogP contribution is 2.46. The Kier molecular flexibility index (Phi) is 6.28. The molecule has 0 aliphatic heterocycles. The maximum absolute atomic E-state index is 13.5. The van der Waals surface area contributed by atoms with Crippen LogP contribution in [0.4, 0.5) is 0 Å². The Morgan fingerprint density at radius 1 is 0.762 bits per heavy atom. The van der Waals surface area contributed by atoms with Crippen molar-refractivity contribution in [2.45, 2.75) is 0 Å². The summed E-state index contributed by atoms with van der Waals surface area (Å²) in [5.41, 5.74) is 1.00. The molecule has 216 valence electrons. The Balaban J connectivity index is 1.88. The van der Waals surface area contributed by atoms with Gasteiger partial charge in [0.1, 0.15) is 11.1 Å². The summed E-state index contributed by atoms with van der Waals surface area (Å²) in [5.74, 6) is 0.588. The molecule has 0 bridgehead atoms. The summed E-state index contributed by atoms with van der Waals surface area (Å²) in [5, 5.41) is 12.7. The lowest BCUT2D eigenvalue weighted by Gasteiger charge is -2.13. The normalized spacial score (nSPS) is 11.8. The van der Waals surface area contributed by atoms with Gasteiger partial charge in [-0.1, -0.05) is 6.07 Å². The Labute approximate surface area is 237 Å². The van der Waals surface area contributed by atoms with E-state index in [1.54, 1.807) is 40.9 Å². The number of fused-ring (bicyclic) bond motifs is 7. The van der Waals surface area contributed by atoms with Gasteiger partial charge in [0.2, 0.25) is 0 Å². The lowest BCUT2D eigenvalue weighted by Crippen LogP contribution is -2.07. The average Bonchev–Trinajstić information content (AvgIpc) is 3.31. The number of hydrogen-bond donors (Lipinski definition) is 2. The number of methoxy groups -OCH3 is 4. The molecule has 13 heteroatoms. The van der Waals surface area contributed by atoms with Gasteiger partial charge < -0.3 is 37.1 Å². The largest absolute Gasteiger partial charge is 0.504 e. The van der Waals surface area contributed by atoms with E-state index in [1.165, 1.54) is 46.6 Å². The van der Waals surface area contributed by atoms with E-state index < -0.39 is 16.0 Å². The maximum atomic E-state index is 13.5. The van der Waals surface area contributed by atoms with E-state index in [0.29, 0.717) is 44.3 Å². The number of phenolic OH excluding ortho intramolecular Hbond substituents is 1. The van der Waals surface area contributed by atoms with Crippen molar-refractivity contribution in [2.75, 3.05) is 28.4 Å². The lowest BCUT2D eigenvalue weighted by atomic mass is 9.98. The molecule has 3 heterocycles. The van der Waals surface area contributed by atoms with Crippen molar-refractivity contribution in [1.29, 1.82) is 0 Å². The average molecular weight is 594 g/mol. The molecule has 0 aliphatic rings. The zero-order valence-corrected chi connectivity index (χ0v) is 23.4. The highest BCUT2D eigenvalue weighted by Gasteiger charge is 2.25. The standard InChI is InChI=1S/C29H23NO11S/c1-36-19-6-5-15(10-24(19)41-42(33,34)35)25-26-17-12-21(37-2)18(31)13-20(17)40-29(32)28(26)30-8-7-14-9-22(38-3)23(39-4)11-16(14)27(25)30/h5-13,31H,1-4H3,(H,33,34,35). The van der Waals surface area contributed by atoms with Crippen LogP contribution in [0.2, 0.25) is 0 Å². The summed E-state index contributed by atoms with van der Waals surface area (Å²) >= 11 is 0. The number of hydrogen-bond acceptors (Lipinski definition) is 10. The van der Waals surface area contributed by atoms with E-state index in [2.05, 4.69) is 0 Å². The van der Waals surface area contributed by atoms with E-state index >= 15 is 0 Å². The van der Waals surface area contributed by atoms with Crippen LogP contribution in [0.15, 0.2) is 63.9 Å². The number of phenols is 1. The van der Waals surface area contributed by atoms with Crippen LogP contribution >= 0.6 is 0 Å². The van der Waals surface area contributed by atoms with E-state index in [9.17, 15) is 22.9 Å². The summed E-state index contributed by atoms with van der Waals surface area (Å²) in [4.78, 5) is 13.5. The van der Waals surface area contributed by atoms with Crippen molar-refractivity contribution >= 4 is 48.6 Å². The van der Waals surface area contributed by atoms with Crippen LogP contribution < -0.4 is 28.8 Å². The van der Waals surface area contributed by atoms with E-state index in [0.717, 1.165) is 5.39 Å². The predicted molar refractivity (Wildman–Crippen MR) is 154 cm³/mol. The molecule has 6 aromatic rings. The Morgan fingerprint density at radius 2 is 1.43 bits per heavy atom. The third-order valence-corrected chi connectivity index (χ3v) is 7.40. The quantitative estimate of drug-likeness (QED) is 0.191. The van der Waals surface area contributed by atoms with Gasteiger partial charge in [0.25, 0.3) is 0 Å². The highest BCUT2D eigenvalue weighted by molar-refractivity contribution is 7.81. The van der Waals surface area contributed by atoms with Gasteiger partial charge in [0.05, 0.1) is 34.0 Å². The van der Waals surface area contributed by atoms with Gasteiger partial charge >= 0.3 is 16.0 Å². The van der Waals surface area contributed by atoms with Gasteiger partial charge in [-0.05, 0) is 47.3 Å². The fraction of sp³-hybridized carbons (Fsp3) is 0.138. The zero-order chi connectivity index (χ0) is 29.9. The summed E-state index contributed by atoms with van der Waals surface area (Å²) in [6, 6.07) is 12.7. The Hall–Kier alpha value is -5.14. The first-order valence-corrected chi connectivity index (χ1v) is 13.7. The van der Waals surface area contributed by atoms with E-state index in [1.807, 2.05) is 0 Å². The molecule has 2 N–H and O–H groups in total. The molecule has 42 heavy (non-hydrogen) atoms. The third kappa shape index (κ3) is 4.17. The second kappa shape index (κ2) is 9.75.